The Morgan fingerprint density at radius 1 is 0.920 bits per heavy atom. The standard InChI is InChI=1S/C19H17N3O3/c1-12-3-5-14(6-4-12)18-11-17(22-25-18)19(24)21-16-9-7-15(8-10-16)20-13(2)23/h3-11H,1-2H3,(H,20,23)(H,21,24). The molecule has 3 rings (SSSR count). The molecule has 0 spiro atoms. The molecule has 1 aromatic heterocycles. The lowest BCUT2D eigenvalue weighted by atomic mass is 10.1. The van der Waals surface area contributed by atoms with Crippen LogP contribution in [0.25, 0.3) is 11.3 Å². The highest BCUT2D eigenvalue weighted by Gasteiger charge is 2.14. The first-order valence-corrected chi connectivity index (χ1v) is 7.74. The van der Waals surface area contributed by atoms with E-state index in [1.807, 2.05) is 31.2 Å². The van der Waals surface area contributed by atoms with Gasteiger partial charge in [0.2, 0.25) is 5.91 Å². The molecular weight excluding hydrogens is 318 g/mol. The van der Waals surface area contributed by atoms with Crippen molar-refractivity contribution in [1.82, 2.24) is 5.16 Å². The van der Waals surface area contributed by atoms with E-state index in [-0.39, 0.29) is 17.5 Å². The van der Waals surface area contributed by atoms with Crippen LogP contribution in [-0.2, 0) is 4.79 Å². The molecule has 2 aromatic carbocycles. The Balaban J connectivity index is 1.69. The average molecular weight is 335 g/mol. The number of nitrogens with zero attached hydrogens (tertiary/aromatic N) is 1. The van der Waals surface area contributed by atoms with E-state index in [0.29, 0.717) is 17.1 Å². The highest BCUT2D eigenvalue weighted by atomic mass is 16.5. The Bertz CT molecular complexity index is 896. The largest absolute Gasteiger partial charge is 0.355 e. The first-order chi connectivity index (χ1) is 12.0. The lowest BCUT2D eigenvalue weighted by molar-refractivity contribution is -0.114. The molecule has 6 nitrogen and oxygen atoms in total. The molecule has 6 heteroatoms. The zero-order valence-electron chi connectivity index (χ0n) is 13.9. The van der Waals surface area contributed by atoms with E-state index in [1.165, 1.54) is 6.92 Å². The fraction of sp³-hybridized carbons (Fsp3) is 0.105. The van der Waals surface area contributed by atoms with Gasteiger partial charge < -0.3 is 15.2 Å². The van der Waals surface area contributed by atoms with Crippen LogP contribution in [0.5, 0.6) is 0 Å². The van der Waals surface area contributed by atoms with Gasteiger partial charge in [-0.3, -0.25) is 9.59 Å². The number of aryl methyl sites for hydroxylation is 1. The SMILES string of the molecule is CC(=O)Nc1ccc(NC(=O)c2cc(-c3ccc(C)cc3)on2)cc1. The second kappa shape index (κ2) is 7.00. The zero-order valence-corrected chi connectivity index (χ0v) is 13.9. The van der Waals surface area contributed by atoms with Gasteiger partial charge in [0.1, 0.15) is 0 Å². The third kappa shape index (κ3) is 4.11. The molecule has 0 aliphatic carbocycles. The van der Waals surface area contributed by atoms with Crippen LogP contribution in [-0.4, -0.2) is 17.0 Å². The van der Waals surface area contributed by atoms with Gasteiger partial charge >= 0.3 is 0 Å². The topological polar surface area (TPSA) is 84.2 Å². The van der Waals surface area contributed by atoms with Crippen molar-refractivity contribution in [3.05, 3.63) is 65.9 Å². The molecule has 0 unspecified atom stereocenters. The number of amides is 2. The van der Waals surface area contributed by atoms with Gasteiger partial charge in [-0.05, 0) is 31.2 Å². The summed E-state index contributed by atoms with van der Waals surface area (Å²) in [5.41, 5.74) is 3.45. The Morgan fingerprint density at radius 3 is 2.12 bits per heavy atom. The van der Waals surface area contributed by atoms with E-state index >= 15 is 0 Å². The van der Waals surface area contributed by atoms with E-state index in [9.17, 15) is 9.59 Å². The van der Waals surface area contributed by atoms with Crippen molar-refractivity contribution in [3.63, 3.8) is 0 Å². The Hall–Kier alpha value is -3.41. The minimum absolute atomic E-state index is 0.150. The Morgan fingerprint density at radius 2 is 1.52 bits per heavy atom. The number of rotatable bonds is 4. The minimum atomic E-state index is -0.366. The molecule has 0 fully saturated rings. The fourth-order valence-electron chi connectivity index (χ4n) is 2.27. The van der Waals surface area contributed by atoms with Crippen LogP contribution in [0.4, 0.5) is 11.4 Å². The summed E-state index contributed by atoms with van der Waals surface area (Å²) < 4.78 is 5.25. The van der Waals surface area contributed by atoms with Crippen LogP contribution < -0.4 is 10.6 Å². The van der Waals surface area contributed by atoms with E-state index in [2.05, 4.69) is 15.8 Å². The van der Waals surface area contributed by atoms with Crippen molar-refractivity contribution in [2.24, 2.45) is 0 Å². The summed E-state index contributed by atoms with van der Waals surface area (Å²) in [6.07, 6.45) is 0. The van der Waals surface area contributed by atoms with E-state index in [0.717, 1.165) is 11.1 Å². The molecule has 0 bridgehead atoms. The molecular formula is C19H17N3O3. The predicted molar refractivity (Wildman–Crippen MR) is 95.4 cm³/mol. The first-order valence-electron chi connectivity index (χ1n) is 7.74. The first kappa shape index (κ1) is 16.4. The van der Waals surface area contributed by atoms with Gasteiger partial charge in [0.25, 0.3) is 5.91 Å². The summed E-state index contributed by atoms with van der Waals surface area (Å²) in [6, 6.07) is 16.2. The molecule has 0 aliphatic heterocycles. The molecule has 0 aliphatic rings. The maximum absolute atomic E-state index is 12.3. The second-order valence-electron chi connectivity index (χ2n) is 5.66. The number of hydrogen-bond acceptors (Lipinski definition) is 4. The van der Waals surface area contributed by atoms with Gasteiger partial charge in [0, 0.05) is 29.9 Å². The number of carbonyl (C=O) groups is 2. The Kier molecular flexibility index (Phi) is 4.61. The third-order valence-corrected chi connectivity index (χ3v) is 3.54. The molecule has 2 amide bonds. The molecule has 0 atom stereocenters. The van der Waals surface area contributed by atoms with Crippen LogP contribution in [0, 0.1) is 6.92 Å². The van der Waals surface area contributed by atoms with Gasteiger partial charge in [-0.2, -0.15) is 0 Å². The Labute approximate surface area is 144 Å². The van der Waals surface area contributed by atoms with Crippen molar-refractivity contribution in [1.29, 1.82) is 0 Å². The van der Waals surface area contributed by atoms with Crippen LogP contribution >= 0.6 is 0 Å². The molecule has 3 aromatic rings. The maximum atomic E-state index is 12.3. The van der Waals surface area contributed by atoms with Crippen LogP contribution in [0.15, 0.2) is 59.1 Å². The average Bonchev–Trinajstić information content (AvgIpc) is 3.07. The van der Waals surface area contributed by atoms with Crippen molar-refractivity contribution in [2.45, 2.75) is 13.8 Å². The molecule has 1 heterocycles. The van der Waals surface area contributed by atoms with Crippen LogP contribution in [0.3, 0.4) is 0 Å². The summed E-state index contributed by atoms with van der Waals surface area (Å²) >= 11 is 0. The molecule has 25 heavy (non-hydrogen) atoms. The van der Waals surface area contributed by atoms with Crippen molar-refractivity contribution >= 4 is 23.2 Å². The smallest absolute Gasteiger partial charge is 0.277 e. The predicted octanol–water partition coefficient (Wildman–Crippen LogP) is 3.86. The lowest BCUT2D eigenvalue weighted by Gasteiger charge is -2.05. The monoisotopic (exact) mass is 335 g/mol. The summed E-state index contributed by atoms with van der Waals surface area (Å²) in [4.78, 5) is 23.3. The van der Waals surface area contributed by atoms with Gasteiger partial charge in [-0.1, -0.05) is 35.0 Å². The number of nitrogens with one attached hydrogen (secondary N) is 2. The van der Waals surface area contributed by atoms with E-state index < -0.39 is 0 Å². The number of hydrogen-bond donors (Lipinski definition) is 2. The zero-order chi connectivity index (χ0) is 17.8. The highest BCUT2D eigenvalue weighted by Crippen LogP contribution is 2.21. The summed E-state index contributed by atoms with van der Waals surface area (Å²) in [5.74, 6) is 0.0172. The summed E-state index contributed by atoms with van der Waals surface area (Å²) in [6.45, 7) is 3.44. The molecule has 0 saturated heterocycles. The number of aromatic nitrogens is 1. The summed E-state index contributed by atoms with van der Waals surface area (Å²) in [7, 11) is 0. The maximum Gasteiger partial charge on any atom is 0.277 e. The van der Waals surface area contributed by atoms with E-state index in [1.54, 1.807) is 30.3 Å². The fourth-order valence-corrected chi connectivity index (χ4v) is 2.27. The van der Waals surface area contributed by atoms with E-state index in [4.69, 9.17) is 4.52 Å². The second-order valence-corrected chi connectivity index (χ2v) is 5.66. The molecule has 0 radical (unpaired) electrons. The van der Waals surface area contributed by atoms with Gasteiger partial charge in [0.15, 0.2) is 11.5 Å². The van der Waals surface area contributed by atoms with Gasteiger partial charge in [-0.25, -0.2) is 0 Å². The number of anilines is 2. The normalized spacial score (nSPS) is 10.3. The van der Waals surface area contributed by atoms with Crippen molar-refractivity contribution < 1.29 is 14.1 Å². The molecule has 126 valence electrons. The van der Waals surface area contributed by atoms with Crippen molar-refractivity contribution in [2.75, 3.05) is 10.6 Å². The van der Waals surface area contributed by atoms with Crippen molar-refractivity contribution in [3.8, 4) is 11.3 Å². The third-order valence-electron chi connectivity index (χ3n) is 3.54. The molecule has 0 saturated carbocycles. The highest BCUT2D eigenvalue weighted by molar-refractivity contribution is 6.03. The summed E-state index contributed by atoms with van der Waals surface area (Å²) in [5, 5.41) is 9.23. The van der Waals surface area contributed by atoms with Crippen LogP contribution in [0.1, 0.15) is 23.0 Å². The molecule has 2 N–H and O–H groups in total. The lowest BCUT2D eigenvalue weighted by Crippen LogP contribution is -2.12. The van der Waals surface area contributed by atoms with Crippen LogP contribution in [0.2, 0.25) is 0 Å². The quantitative estimate of drug-likeness (QED) is 0.758. The van der Waals surface area contributed by atoms with Gasteiger partial charge in [0.05, 0.1) is 0 Å². The minimum Gasteiger partial charge on any atom is -0.355 e. The number of carbonyl (C=O) groups excluding carboxylic acids is 2. The van der Waals surface area contributed by atoms with Gasteiger partial charge in [-0.15, -0.1) is 0 Å². The number of benzene rings is 2.